The molecular formula is C18H16N4O3. The van der Waals surface area contributed by atoms with Gasteiger partial charge in [0.1, 0.15) is 29.0 Å². The first-order valence-electron chi connectivity index (χ1n) is 7.53. The van der Waals surface area contributed by atoms with Crippen LogP contribution in [-0.2, 0) is 0 Å². The van der Waals surface area contributed by atoms with Crippen molar-refractivity contribution in [2.75, 3.05) is 5.73 Å². The number of hydrogen-bond acceptors (Lipinski definition) is 5. The van der Waals surface area contributed by atoms with E-state index in [4.69, 9.17) is 10.2 Å². The van der Waals surface area contributed by atoms with Gasteiger partial charge in [-0.15, -0.1) is 0 Å². The Morgan fingerprint density at radius 3 is 2.60 bits per heavy atom. The third kappa shape index (κ3) is 2.64. The molecule has 25 heavy (non-hydrogen) atoms. The van der Waals surface area contributed by atoms with Crippen LogP contribution in [-0.4, -0.2) is 21.0 Å². The molecule has 0 bridgehead atoms. The van der Waals surface area contributed by atoms with Crippen molar-refractivity contribution in [2.24, 2.45) is 0 Å². The molecule has 0 aliphatic rings. The van der Waals surface area contributed by atoms with Crippen molar-refractivity contribution in [3.8, 4) is 28.8 Å². The highest BCUT2D eigenvalue weighted by molar-refractivity contribution is 5.93. The SMILES string of the molecule is Cc1ccc(-c2cc(-c3[nH]c(C)c(C(=O)O)c3C)nc(N)c2C#N)o1. The highest BCUT2D eigenvalue weighted by Crippen LogP contribution is 2.34. The van der Waals surface area contributed by atoms with Gasteiger partial charge < -0.3 is 20.2 Å². The van der Waals surface area contributed by atoms with E-state index in [0.717, 1.165) is 0 Å². The number of carboxylic acids is 1. The fraction of sp³-hybridized carbons (Fsp3) is 0.167. The van der Waals surface area contributed by atoms with E-state index in [1.165, 1.54) is 0 Å². The Balaban J connectivity index is 2.26. The minimum Gasteiger partial charge on any atom is -0.478 e. The maximum Gasteiger partial charge on any atom is 0.337 e. The highest BCUT2D eigenvalue weighted by Gasteiger charge is 2.22. The fourth-order valence-corrected chi connectivity index (χ4v) is 2.91. The third-order valence-corrected chi connectivity index (χ3v) is 4.07. The number of nitriles is 1. The molecule has 0 aliphatic heterocycles. The molecule has 0 unspecified atom stereocenters. The number of carbonyl (C=O) groups is 1. The zero-order valence-corrected chi connectivity index (χ0v) is 14.0. The third-order valence-electron chi connectivity index (χ3n) is 4.07. The van der Waals surface area contributed by atoms with E-state index in [0.29, 0.717) is 39.7 Å². The van der Waals surface area contributed by atoms with Crippen LogP contribution in [0.4, 0.5) is 5.82 Å². The molecule has 7 nitrogen and oxygen atoms in total. The number of anilines is 1. The summed E-state index contributed by atoms with van der Waals surface area (Å²) in [6.07, 6.45) is 0. The lowest BCUT2D eigenvalue weighted by atomic mass is 10.0. The molecular weight excluding hydrogens is 320 g/mol. The molecule has 0 aromatic carbocycles. The zero-order valence-electron chi connectivity index (χ0n) is 14.0. The quantitative estimate of drug-likeness (QED) is 0.672. The number of H-pyrrole nitrogens is 1. The lowest BCUT2D eigenvalue weighted by Gasteiger charge is -2.08. The number of pyridine rings is 1. The van der Waals surface area contributed by atoms with Gasteiger partial charge in [-0.3, -0.25) is 0 Å². The molecule has 7 heteroatoms. The molecule has 4 N–H and O–H groups in total. The van der Waals surface area contributed by atoms with E-state index in [9.17, 15) is 15.2 Å². The molecule has 0 atom stereocenters. The van der Waals surface area contributed by atoms with Crippen molar-refractivity contribution in [1.29, 1.82) is 5.26 Å². The van der Waals surface area contributed by atoms with Gasteiger partial charge in [0, 0.05) is 11.3 Å². The Kier molecular flexibility index (Phi) is 3.81. The first-order valence-corrected chi connectivity index (χ1v) is 7.53. The lowest BCUT2D eigenvalue weighted by Crippen LogP contribution is -2.01. The molecule has 0 saturated carbocycles. The van der Waals surface area contributed by atoms with Crippen LogP contribution in [0.2, 0.25) is 0 Å². The van der Waals surface area contributed by atoms with Gasteiger partial charge in [0.25, 0.3) is 0 Å². The smallest absolute Gasteiger partial charge is 0.337 e. The molecule has 126 valence electrons. The number of nitrogen functional groups attached to an aromatic ring is 1. The second-order valence-electron chi connectivity index (χ2n) is 5.77. The van der Waals surface area contributed by atoms with Crippen LogP contribution in [0.3, 0.4) is 0 Å². The van der Waals surface area contributed by atoms with Gasteiger partial charge in [0.15, 0.2) is 0 Å². The Morgan fingerprint density at radius 1 is 1.36 bits per heavy atom. The maximum absolute atomic E-state index is 11.4. The van der Waals surface area contributed by atoms with E-state index in [-0.39, 0.29) is 16.9 Å². The van der Waals surface area contributed by atoms with Crippen molar-refractivity contribution >= 4 is 11.8 Å². The highest BCUT2D eigenvalue weighted by atomic mass is 16.4. The molecule has 3 aromatic rings. The predicted molar refractivity (Wildman–Crippen MR) is 92.0 cm³/mol. The molecule has 3 rings (SSSR count). The van der Waals surface area contributed by atoms with Crippen molar-refractivity contribution in [2.45, 2.75) is 20.8 Å². The molecule has 0 spiro atoms. The second-order valence-corrected chi connectivity index (χ2v) is 5.77. The monoisotopic (exact) mass is 336 g/mol. The summed E-state index contributed by atoms with van der Waals surface area (Å²) in [6.45, 7) is 5.19. The summed E-state index contributed by atoms with van der Waals surface area (Å²) in [5, 5.41) is 18.8. The number of aromatic amines is 1. The molecule has 0 amide bonds. The van der Waals surface area contributed by atoms with Crippen LogP contribution in [0.15, 0.2) is 22.6 Å². The standard InChI is InChI=1S/C18H16N4O3/c1-8-4-5-14(25-8)11-6-13(22-17(20)12(11)7-19)16-9(2)15(18(23)24)10(3)21-16/h4-6,21H,1-3H3,(H2,20,22)(H,23,24). The first-order chi connectivity index (χ1) is 11.8. The Bertz CT molecular complexity index is 1040. The first kappa shape index (κ1) is 16.3. The predicted octanol–water partition coefficient (Wildman–Crippen LogP) is 3.41. The summed E-state index contributed by atoms with van der Waals surface area (Å²) in [5.74, 6) is 0.258. The number of carboxylic acid groups (broad SMARTS) is 1. The number of furan rings is 1. The summed E-state index contributed by atoms with van der Waals surface area (Å²) < 4.78 is 5.62. The van der Waals surface area contributed by atoms with Gasteiger partial charge in [-0.1, -0.05) is 0 Å². The van der Waals surface area contributed by atoms with Crippen LogP contribution in [0, 0.1) is 32.1 Å². The van der Waals surface area contributed by atoms with E-state index in [2.05, 4.69) is 9.97 Å². The van der Waals surface area contributed by atoms with E-state index in [1.54, 1.807) is 39.0 Å². The van der Waals surface area contributed by atoms with Crippen LogP contribution in [0.25, 0.3) is 22.7 Å². The molecule has 3 heterocycles. The number of rotatable bonds is 3. The second kappa shape index (κ2) is 5.83. The van der Waals surface area contributed by atoms with Crippen LogP contribution >= 0.6 is 0 Å². The van der Waals surface area contributed by atoms with E-state index >= 15 is 0 Å². The summed E-state index contributed by atoms with van der Waals surface area (Å²) in [5.41, 5.74) is 8.99. The molecule has 0 radical (unpaired) electrons. The van der Waals surface area contributed by atoms with Gasteiger partial charge in [-0.2, -0.15) is 5.26 Å². The van der Waals surface area contributed by atoms with Crippen molar-refractivity contribution < 1.29 is 14.3 Å². The topological polar surface area (TPSA) is 129 Å². The molecule has 0 saturated heterocycles. The summed E-state index contributed by atoms with van der Waals surface area (Å²) in [6, 6.07) is 7.27. The number of hydrogen-bond donors (Lipinski definition) is 3. The minimum absolute atomic E-state index is 0.0626. The van der Waals surface area contributed by atoms with Crippen molar-refractivity contribution in [3.63, 3.8) is 0 Å². The van der Waals surface area contributed by atoms with Crippen LogP contribution in [0.1, 0.15) is 32.9 Å². The average molecular weight is 336 g/mol. The maximum atomic E-state index is 11.4. The normalized spacial score (nSPS) is 10.6. The van der Waals surface area contributed by atoms with Crippen LogP contribution < -0.4 is 5.73 Å². The average Bonchev–Trinajstić information content (AvgIpc) is 3.09. The van der Waals surface area contributed by atoms with Gasteiger partial charge >= 0.3 is 5.97 Å². The number of aryl methyl sites for hydroxylation is 2. The number of nitrogens with two attached hydrogens (primary N) is 1. The summed E-state index contributed by atoms with van der Waals surface area (Å²) >= 11 is 0. The number of nitrogens with one attached hydrogen (secondary N) is 1. The Morgan fingerprint density at radius 2 is 2.08 bits per heavy atom. The number of nitrogens with zero attached hydrogens (tertiary/aromatic N) is 2. The molecule has 3 aromatic heterocycles. The lowest BCUT2D eigenvalue weighted by molar-refractivity contribution is 0.0695. The van der Waals surface area contributed by atoms with Gasteiger partial charge in [0.05, 0.1) is 17.0 Å². The van der Waals surface area contributed by atoms with Gasteiger partial charge in [-0.25, -0.2) is 9.78 Å². The van der Waals surface area contributed by atoms with Crippen molar-refractivity contribution in [3.05, 3.63) is 46.3 Å². The molecule has 0 fully saturated rings. The molecule has 0 aliphatic carbocycles. The fourth-order valence-electron chi connectivity index (χ4n) is 2.91. The Labute approximate surface area is 143 Å². The van der Waals surface area contributed by atoms with Gasteiger partial charge in [-0.05, 0) is 44.5 Å². The van der Waals surface area contributed by atoms with E-state index in [1.807, 2.05) is 6.07 Å². The zero-order chi connectivity index (χ0) is 18.3. The Hall–Kier alpha value is -3.53. The minimum atomic E-state index is -1.01. The van der Waals surface area contributed by atoms with Crippen LogP contribution in [0.5, 0.6) is 0 Å². The number of aromatic nitrogens is 2. The van der Waals surface area contributed by atoms with Gasteiger partial charge in [0.2, 0.25) is 0 Å². The van der Waals surface area contributed by atoms with E-state index < -0.39 is 5.97 Å². The summed E-state index contributed by atoms with van der Waals surface area (Å²) in [4.78, 5) is 18.7. The summed E-state index contributed by atoms with van der Waals surface area (Å²) in [7, 11) is 0. The van der Waals surface area contributed by atoms with Crippen molar-refractivity contribution in [1.82, 2.24) is 9.97 Å². The number of aromatic carboxylic acids is 1. The largest absolute Gasteiger partial charge is 0.478 e.